The molecule has 53 heavy (non-hydrogen) atoms. The Morgan fingerprint density at radius 3 is 1.09 bits per heavy atom. The van der Waals surface area contributed by atoms with E-state index < -0.39 is 5.41 Å². The average molecular weight is 723 g/mol. The molecule has 0 amide bonds. The van der Waals surface area contributed by atoms with Crippen molar-refractivity contribution < 1.29 is 18.9 Å². The molecule has 0 fully saturated rings. The van der Waals surface area contributed by atoms with Crippen LogP contribution in [0.15, 0.2) is 132 Å². The molecule has 0 unspecified atom stereocenters. The van der Waals surface area contributed by atoms with Gasteiger partial charge in [0.15, 0.2) is 23.0 Å². The Labute approximate surface area is 323 Å². The summed E-state index contributed by atoms with van der Waals surface area (Å²) in [5, 5.41) is 0. The van der Waals surface area contributed by atoms with Gasteiger partial charge < -0.3 is 18.9 Å². The standard InChI is InChI=1S/C49H70O4/c1-7-11-15-25-33-50-41(5)47(52-35-27-17-13-9-3)37-43-39-49(45-29-21-19-22-30-45,46-31-23-20-24-32-46)40-44(43)38-48(53-36-28-18-14-10-4)42(6)51-34-26-16-12-8-2/h19-24,29-32,37-40H,5-18,25-28,33-36H2,1-4H3/b47-37+,48-38+. The summed E-state index contributed by atoms with van der Waals surface area (Å²) in [6, 6.07) is 21.4. The van der Waals surface area contributed by atoms with Crippen LogP contribution in [0.3, 0.4) is 0 Å². The predicted molar refractivity (Wildman–Crippen MR) is 225 cm³/mol. The molecule has 0 radical (unpaired) electrons. The minimum atomic E-state index is -0.524. The van der Waals surface area contributed by atoms with Crippen LogP contribution in [0.25, 0.3) is 0 Å². The first kappa shape index (κ1) is 43.5. The molecule has 290 valence electrons. The highest BCUT2D eigenvalue weighted by molar-refractivity contribution is 5.65. The van der Waals surface area contributed by atoms with Crippen LogP contribution in [0, 0.1) is 0 Å². The van der Waals surface area contributed by atoms with Crippen LogP contribution in [0.2, 0.25) is 0 Å². The SMILES string of the molecule is C=C(OCCCCCC)/C(=C\C1=CC(c2ccccc2)(c2ccccc2)C=C1/C=C(/OCCCCCC)C(=C)OCCCCCC)OCCCCCC. The van der Waals surface area contributed by atoms with Gasteiger partial charge >= 0.3 is 0 Å². The first-order chi connectivity index (χ1) is 26.0. The van der Waals surface area contributed by atoms with Crippen molar-refractivity contribution in [2.45, 2.75) is 136 Å². The second kappa shape index (κ2) is 26.0. The zero-order valence-electron chi connectivity index (χ0n) is 33.8. The molecule has 0 heterocycles. The number of unbranched alkanes of at least 4 members (excludes halogenated alkanes) is 12. The lowest BCUT2D eigenvalue weighted by Gasteiger charge is -2.27. The maximum atomic E-state index is 6.53. The molecule has 0 saturated carbocycles. The molecule has 1 aliphatic rings. The lowest BCUT2D eigenvalue weighted by atomic mass is 9.75. The fourth-order valence-corrected chi connectivity index (χ4v) is 6.58. The summed E-state index contributed by atoms with van der Waals surface area (Å²) in [4.78, 5) is 0. The van der Waals surface area contributed by atoms with Gasteiger partial charge in [0, 0.05) is 0 Å². The monoisotopic (exact) mass is 723 g/mol. The molecule has 0 saturated heterocycles. The number of benzene rings is 2. The van der Waals surface area contributed by atoms with Crippen molar-refractivity contribution in [3.05, 3.63) is 143 Å². The number of hydrogen-bond donors (Lipinski definition) is 0. The smallest absolute Gasteiger partial charge is 0.161 e. The van der Waals surface area contributed by atoms with Gasteiger partial charge in [-0.1, -0.05) is 191 Å². The van der Waals surface area contributed by atoms with E-state index >= 15 is 0 Å². The maximum Gasteiger partial charge on any atom is 0.161 e. The van der Waals surface area contributed by atoms with Crippen LogP contribution >= 0.6 is 0 Å². The zero-order chi connectivity index (χ0) is 38.0. The van der Waals surface area contributed by atoms with Crippen LogP contribution in [0.5, 0.6) is 0 Å². The minimum absolute atomic E-state index is 0.524. The van der Waals surface area contributed by atoms with Crippen molar-refractivity contribution in [1.29, 1.82) is 0 Å². The van der Waals surface area contributed by atoms with Gasteiger partial charge in [-0.25, -0.2) is 0 Å². The molecule has 4 nitrogen and oxygen atoms in total. The lowest BCUT2D eigenvalue weighted by Crippen LogP contribution is -2.21. The zero-order valence-corrected chi connectivity index (χ0v) is 33.8. The fourth-order valence-electron chi connectivity index (χ4n) is 6.58. The summed E-state index contributed by atoms with van der Waals surface area (Å²) in [5.74, 6) is 2.50. The van der Waals surface area contributed by atoms with E-state index in [1.807, 2.05) is 0 Å². The molecule has 0 N–H and O–H groups in total. The third-order valence-corrected chi connectivity index (χ3v) is 9.78. The summed E-state index contributed by atoms with van der Waals surface area (Å²) >= 11 is 0. The Kier molecular flexibility index (Phi) is 21.3. The molecule has 1 aliphatic carbocycles. The van der Waals surface area contributed by atoms with E-state index in [9.17, 15) is 0 Å². The number of allylic oxidation sites excluding steroid dienone is 6. The molecule has 2 aromatic rings. The molecular weight excluding hydrogens is 653 g/mol. The number of hydrogen-bond acceptors (Lipinski definition) is 4. The topological polar surface area (TPSA) is 36.9 Å². The summed E-state index contributed by atoms with van der Waals surface area (Å²) < 4.78 is 25.6. The number of rotatable bonds is 30. The Hall–Kier alpha value is -3.92. The van der Waals surface area contributed by atoms with Crippen LogP contribution in [-0.4, -0.2) is 26.4 Å². The van der Waals surface area contributed by atoms with E-state index in [-0.39, 0.29) is 0 Å². The van der Waals surface area contributed by atoms with Gasteiger partial charge in [0.25, 0.3) is 0 Å². The van der Waals surface area contributed by atoms with E-state index in [1.165, 1.54) is 62.5 Å². The highest BCUT2D eigenvalue weighted by atomic mass is 16.5. The van der Waals surface area contributed by atoms with Crippen LogP contribution in [0.4, 0.5) is 0 Å². The Bertz CT molecular complexity index is 1330. The van der Waals surface area contributed by atoms with Crippen molar-refractivity contribution in [2.75, 3.05) is 26.4 Å². The summed E-state index contributed by atoms with van der Waals surface area (Å²) in [6.07, 6.45) is 27.0. The predicted octanol–water partition coefficient (Wildman–Crippen LogP) is 14.0. The fraction of sp³-hybridized carbons (Fsp3) is 0.510. The van der Waals surface area contributed by atoms with Gasteiger partial charge in [-0.15, -0.1) is 0 Å². The molecule has 4 heteroatoms. The van der Waals surface area contributed by atoms with Gasteiger partial charge in [0.1, 0.15) is 0 Å². The molecule has 0 aromatic heterocycles. The van der Waals surface area contributed by atoms with E-state index in [2.05, 4.69) is 126 Å². The van der Waals surface area contributed by atoms with E-state index in [0.717, 1.165) is 62.5 Å². The van der Waals surface area contributed by atoms with Gasteiger partial charge in [0.2, 0.25) is 0 Å². The Balaban J connectivity index is 2.13. The second-order valence-corrected chi connectivity index (χ2v) is 14.3. The Morgan fingerprint density at radius 1 is 0.453 bits per heavy atom. The van der Waals surface area contributed by atoms with Crippen LogP contribution in [0.1, 0.15) is 142 Å². The lowest BCUT2D eigenvalue weighted by molar-refractivity contribution is 0.146. The first-order valence-electron chi connectivity index (χ1n) is 20.9. The van der Waals surface area contributed by atoms with Crippen molar-refractivity contribution in [1.82, 2.24) is 0 Å². The van der Waals surface area contributed by atoms with Crippen molar-refractivity contribution in [3.63, 3.8) is 0 Å². The van der Waals surface area contributed by atoms with Crippen molar-refractivity contribution in [2.24, 2.45) is 0 Å². The summed E-state index contributed by atoms with van der Waals surface area (Å²) in [6.45, 7) is 20.2. The molecule has 0 bridgehead atoms. The maximum absolute atomic E-state index is 6.53. The van der Waals surface area contributed by atoms with Crippen LogP contribution in [-0.2, 0) is 24.4 Å². The van der Waals surface area contributed by atoms with Crippen molar-refractivity contribution in [3.8, 4) is 0 Å². The van der Waals surface area contributed by atoms with E-state index in [0.29, 0.717) is 49.5 Å². The van der Waals surface area contributed by atoms with Crippen molar-refractivity contribution >= 4 is 0 Å². The largest absolute Gasteiger partial charge is 0.490 e. The van der Waals surface area contributed by atoms with E-state index in [4.69, 9.17) is 18.9 Å². The molecule has 0 aliphatic heterocycles. The average Bonchev–Trinajstić information content (AvgIpc) is 3.55. The molecule has 2 aromatic carbocycles. The molecule has 0 spiro atoms. The molecule has 0 atom stereocenters. The van der Waals surface area contributed by atoms with Gasteiger partial charge in [-0.3, -0.25) is 0 Å². The van der Waals surface area contributed by atoms with Gasteiger partial charge in [-0.2, -0.15) is 0 Å². The molecular formula is C49H70O4. The summed E-state index contributed by atoms with van der Waals surface area (Å²) in [7, 11) is 0. The quantitative estimate of drug-likeness (QED) is 0.0457. The van der Waals surface area contributed by atoms with Gasteiger partial charge in [0.05, 0.1) is 31.8 Å². The minimum Gasteiger partial charge on any atom is -0.490 e. The van der Waals surface area contributed by atoms with Crippen LogP contribution < -0.4 is 0 Å². The molecule has 3 rings (SSSR count). The highest BCUT2D eigenvalue weighted by Gasteiger charge is 2.35. The normalized spacial score (nSPS) is 14.0. The Morgan fingerprint density at radius 2 is 0.774 bits per heavy atom. The third-order valence-electron chi connectivity index (χ3n) is 9.78. The summed E-state index contributed by atoms with van der Waals surface area (Å²) in [5.41, 5.74) is 3.87. The first-order valence-corrected chi connectivity index (χ1v) is 20.9. The highest BCUT2D eigenvalue weighted by Crippen LogP contribution is 2.45. The van der Waals surface area contributed by atoms with Gasteiger partial charge in [-0.05, 0) is 60.1 Å². The number of ether oxygens (including phenoxy) is 4. The van der Waals surface area contributed by atoms with E-state index in [1.54, 1.807) is 0 Å². The third kappa shape index (κ3) is 15.2. The second-order valence-electron chi connectivity index (χ2n) is 14.3.